The highest BCUT2D eigenvalue weighted by Gasteiger charge is 2.03. The maximum atomic E-state index is 13.3. The van der Waals surface area contributed by atoms with Crippen LogP contribution in [0.5, 0.6) is 5.75 Å². The van der Waals surface area contributed by atoms with Gasteiger partial charge in [0.05, 0.1) is 12.1 Å². The Bertz CT molecular complexity index is 636. The SMILES string of the molecule is COc1cccc(NC(=S)Nc2ccc(Cl)c(F)c2)c1. The zero-order valence-corrected chi connectivity index (χ0v) is 12.2. The summed E-state index contributed by atoms with van der Waals surface area (Å²) in [6.45, 7) is 0. The predicted octanol–water partition coefficient (Wildman–Crippen LogP) is 4.30. The van der Waals surface area contributed by atoms with Gasteiger partial charge in [0.2, 0.25) is 0 Å². The molecule has 0 spiro atoms. The summed E-state index contributed by atoms with van der Waals surface area (Å²) in [5, 5.41) is 6.28. The second kappa shape index (κ2) is 6.54. The fraction of sp³-hybridized carbons (Fsp3) is 0.0714. The molecule has 0 atom stereocenters. The zero-order chi connectivity index (χ0) is 14.5. The van der Waals surface area contributed by atoms with Gasteiger partial charge in [-0.05, 0) is 42.5 Å². The van der Waals surface area contributed by atoms with Gasteiger partial charge in [0, 0.05) is 17.4 Å². The van der Waals surface area contributed by atoms with Crippen LogP contribution >= 0.6 is 23.8 Å². The summed E-state index contributed by atoms with van der Waals surface area (Å²) in [5.74, 6) is 0.219. The maximum Gasteiger partial charge on any atom is 0.175 e. The molecule has 0 heterocycles. The van der Waals surface area contributed by atoms with E-state index in [1.165, 1.54) is 12.1 Å². The molecule has 0 unspecified atom stereocenters. The first-order chi connectivity index (χ1) is 9.58. The number of methoxy groups -OCH3 is 1. The van der Waals surface area contributed by atoms with Crippen LogP contribution in [0.15, 0.2) is 42.5 Å². The van der Waals surface area contributed by atoms with E-state index in [2.05, 4.69) is 10.6 Å². The number of ether oxygens (including phenoxy) is 1. The van der Waals surface area contributed by atoms with Crippen molar-refractivity contribution in [1.29, 1.82) is 0 Å². The highest BCUT2D eigenvalue weighted by molar-refractivity contribution is 7.80. The molecule has 0 amide bonds. The van der Waals surface area contributed by atoms with Crippen LogP contribution in [0.25, 0.3) is 0 Å². The van der Waals surface area contributed by atoms with Crippen molar-refractivity contribution in [3.05, 3.63) is 53.3 Å². The van der Waals surface area contributed by atoms with Crippen molar-refractivity contribution in [2.24, 2.45) is 0 Å². The van der Waals surface area contributed by atoms with E-state index in [-0.39, 0.29) is 5.02 Å². The Labute approximate surface area is 126 Å². The molecule has 0 saturated carbocycles. The monoisotopic (exact) mass is 310 g/mol. The Kier molecular flexibility index (Phi) is 4.76. The summed E-state index contributed by atoms with van der Waals surface area (Å²) in [7, 11) is 1.59. The Morgan fingerprint density at radius 1 is 1.15 bits per heavy atom. The van der Waals surface area contributed by atoms with Crippen LogP contribution in [0.3, 0.4) is 0 Å². The van der Waals surface area contributed by atoms with Crippen molar-refractivity contribution < 1.29 is 9.13 Å². The highest BCUT2D eigenvalue weighted by Crippen LogP contribution is 2.20. The molecule has 0 aliphatic rings. The summed E-state index contributed by atoms with van der Waals surface area (Å²) in [6, 6.07) is 11.7. The number of thiocarbonyl (C=S) groups is 1. The molecule has 6 heteroatoms. The van der Waals surface area contributed by atoms with Crippen LogP contribution < -0.4 is 15.4 Å². The van der Waals surface area contributed by atoms with Gasteiger partial charge in [-0.1, -0.05) is 17.7 Å². The molecule has 2 N–H and O–H groups in total. The van der Waals surface area contributed by atoms with Crippen molar-refractivity contribution >= 4 is 40.3 Å². The highest BCUT2D eigenvalue weighted by atomic mass is 35.5. The minimum atomic E-state index is -0.499. The van der Waals surface area contributed by atoms with Gasteiger partial charge in [0.25, 0.3) is 0 Å². The fourth-order valence-electron chi connectivity index (χ4n) is 1.57. The van der Waals surface area contributed by atoms with Crippen LogP contribution in [0.1, 0.15) is 0 Å². The summed E-state index contributed by atoms with van der Waals surface area (Å²) in [6.07, 6.45) is 0. The van der Waals surface area contributed by atoms with E-state index in [1.807, 2.05) is 18.2 Å². The smallest absolute Gasteiger partial charge is 0.175 e. The third-order valence-electron chi connectivity index (χ3n) is 2.51. The van der Waals surface area contributed by atoms with Crippen LogP contribution in [0.4, 0.5) is 15.8 Å². The average Bonchev–Trinajstić information content (AvgIpc) is 2.43. The Morgan fingerprint density at radius 3 is 2.50 bits per heavy atom. The van der Waals surface area contributed by atoms with Crippen molar-refractivity contribution in [1.82, 2.24) is 0 Å². The summed E-state index contributed by atoms with van der Waals surface area (Å²) >= 11 is 10.8. The summed E-state index contributed by atoms with van der Waals surface area (Å²) < 4.78 is 18.4. The molecule has 0 aliphatic carbocycles. The van der Waals surface area contributed by atoms with E-state index in [0.29, 0.717) is 10.8 Å². The third kappa shape index (κ3) is 3.82. The first kappa shape index (κ1) is 14.6. The van der Waals surface area contributed by atoms with E-state index in [4.69, 9.17) is 28.6 Å². The van der Waals surface area contributed by atoms with Gasteiger partial charge in [-0.25, -0.2) is 4.39 Å². The van der Waals surface area contributed by atoms with E-state index in [1.54, 1.807) is 19.2 Å². The van der Waals surface area contributed by atoms with E-state index < -0.39 is 5.82 Å². The molecule has 2 aromatic carbocycles. The zero-order valence-electron chi connectivity index (χ0n) is 10.6. The molecule has 0 saturated heterocycles. The lowest BCUT2D eigenvalue weighted by molar-refractivity contribution is 0.415. The minimum Gasteiger partial charge on any atom is -0.497 e. The number of rotatable bonds is 3. The number of hydrogen-bond donors (Lipinski definition) is 2. The van der Waals surface area contributed by atoms with Gasteiger partial charge >= 0.3 is 0 Å². The van der Waals surface area contributed by atoms with Crippen molar-refractivity contribution in [3.63, 3.8) is 0 Å². The van der Waals surface area contributed by atoms with Gasteiger partial charge in [-0.2, -0.15) is 0 Å². The fourth-order valence-corrected chi connectivity index (χ4v) is 1.92. The molecule has 2 rings (SSSR count). The molecule has 0 aliphatic heterocycles. The molecule has 20 heavy (non-hydrogen) atoms. The molecule has 0 radical (unpaired) electrons. The lowest BCUT2D eigenvalue weighted by atomic mass is 10.3. The van der Waals surface area contributed by atoms with Crippen LogP contribution in [-0.2, 0) is 0 Å². The first-order valence-electron chi connectivity index (χ1n) is 5.75. The second-order valence-corrected chi connectivity index (χ2v) is 4.76. The number of halogens is 2. The molecule has 3 nitrogen and oxygen atoms in total. The summed E-state index contributed by atoms with van der Waals surface area (Å²) in [5.41, 5.74) is 1.29. The normalized spacial score (nSPS) is 9.95. The van der Waals surface area contributed by atoms with Crippen molar-refractivity contribution in [2.45, 2.75) is 0 Å². The van der Waals surface area contributed by atoms with Gasteiger partial charge in [0.1, 0.15) is 11.6 Å². The Balaban J connectivity index is 2.03. The second-order valence-electron chi connectivity index (χ2n) is 3.94. The molecular formula is C14H12ClFN2OS. The summed E-state index contributed by atoms with van der Waals surface area (Å²) in [4.78, 5) is 0. The van der Waals surface area contributed by atoms with Gasteiger partial charge in [0.15, 0.2) is 5.11 Å². The molecule has 104 valence electrons. The predicted molar refractivity (Wildman–Crippen MR) is 84.2 cm³/mol. The first-order valence-corrected chi connectivity index (χ1v) is 6.54. The number of nitrogens with one attached hydrogen (secondary N) is 2. The molecular weight excluding hydrogens is 299 g/mol. The topological polar surface area (TPSA) is 33.3 Å². The van der Waals surface area contributed by atoms with E-state index >= 15 is 0 Å². The van der Waals surface area contributed by atoms with Gasteiger partial charge < -0.3 is 15.4 Å². The lowest BCUT2D eigenvalue weighted by Gasteiger charge is -2.11. The van der Waals surface area contributed by atoms with Crippen molar-refractivity contribution in [2.75, 3.05) is 17.7 Å². The van der Waals surface area contributed by atoms with Crippen LogP contribution in [0, 0.1) is 5.82 Å². The van der Waals surface area contributed by atoms with Crippen LogP contribution in [0.2, 0.25) is 5.02 Å². The Hall–Kier alpha value is -1.85. The van der Waals surface area contributed by atoms with Gasteiger partial charge in [-0.3, -0.25) is 0 Å². The minimum absolute atomic E-state index is 0.0715. The average molecular weight is 311 g/mol. The number of anilines is 2. The third-order valence-corrected chi connectivity index (χ3v) is 3.02. The number of hydrogen-bond acceptors (Lipinski definition) is 2. The van der Waals surface area contributed by atoms with Crippen LogP contribution in [-0.4, -0.2) is 12.2 Å². The molecule has 2 aromatic rings. The number of benzene rings is 2. The van der Waals surface area contributed by atoms with Gasteiger partial charge in [-0.15, -0.1) is 0 Å². The Morgan fingerprint density at radius 2 is 1.85 bits per heavy atom. The quantitative estimate of drug-likeness (QED) is 0.828. The van der Waals surface area contributed by atoms with Crippen molar-refractivity contribution in [3.8, 4) is 5.75 Å². The van der Waals surface area contributed by atoms with E-state index in [9.17, 15) is 4.39 Å². The van der Waals surface area contributed by atoms with E-state index in [0.717, 1.165) is 11.4 Å². The standard InChI is InChI=1S/C14H12ClFN2OS/c1-19-11-4-2-3-9(7-11)17-14(20)18-10-5-6-12(15)13(16)8-10/h2-8H,1H3,(H2,17,18,20). The largest absolute Gasteiger partial charge is 0.497 e. The molecule has 0 fully saturated rings. The molecule has 0 aromatic heterocycles. The molecule has 0 bridgehead atoms. The maximum absolute atomic E-state index is 13.3. The lowest BCUT2D eigenvalue weighted by Crippen LogP contribution is -2.19.